The molecular formula is C6H5F2N3O5S. The summed E-state index contributed by atoms with van der Waals surface area (Å²) < 4.78 is 46.5. The number of hydrogen-bond acceptors (Lipinski definition) is 5. The summed E-state index contributed by atoms with van der Waals surface area (Å²) in [5, 5.41) is 14.0. The minimum absolute atomic E-state index is 0.277. The Labute approximate surface area is 92.3 Å². The molecule has 1 aromatic rings. The van der Waals surface area contributed by atoms with Crippen molar-refractivity contribution in [2.75, 3.05) is 0 Å². The third kappa shape index (κ3) is 2.62. The summed E-state index contributed by atoms with van der Waals surface area (Å²) >= 11 is 0. The molecule has 0 aliphatic carbocycles. The molecule has 0 aliphatic rings. The fourth-order valence-electron chi connectivity index (χ4n) is 1.05. The molecule has 0 bridgehead atoms. The number of sulfonamides is 1. The largest absolute Gasteiger partial charge is 0.341 e. The molecule has 17 heavy (non-hydrogen) atoms. The quantitative estimate of drug-likeness (QED) is 0.581. The van der Waals surface area contributed by atoms with E-state index in [0.717, 1.165) is 0 Å². The van der Waals surface area contributed by atoms with E-state index in [1.54, 1.807) is 4.98 Å². The molecule has 3 N–H and O–H groups in total. The molecular weight excluding hydrogens is 264 g/mol. The Kier molecular flexibility index (Phi) is 3.24. The van der Waals surface area contributed by atoms with Crippen molar-refractivity contribution in [2.45, 2.75) is 11.5 Å². The number of aromatic amines is 1. The van der Waals surface area contributed by atoms with Crippen LogP contribution in [0.1, 0.15) is 12.1 Å². The number of hydrogen-bond donors (Lipinski definition) is 2. The van der Waals surface area contributed by atoms with Gasteiger partial charge in [0.25, 0.3) is 21.9 Å². The molecule has 1 rings (SSSR count). The lowest BCUT2D eigenvalue weighted by Crippen LogP contribution is -2.21. The minimum Gasteiger partial charge on any atom is -0.338 e. The second-order valence-electron chi connectivity index (χ2n) is 2.86. The summed E-state index contributed by atoms with van der Waals surface area (Å²) in [6.07, 6.45) is -3.41. The second kappa shape index (κ2) is 4.18. The molecule has 1 aromatic heterocycles. The van der Waals surface area contributed by atoms with Crippen LogP contribution in [0.5, 0.6) is 0 Å². The molecule has 0 amide bonds. The number of nitrogens with two attached hydrogens (primary N) is 1. The highest BCUT2D eigenvalue weighted by atomic mass is 32.2. The Hall–Kier alpha value is -1.88. The van der Waals surface area contributed by atoms with Crippen LogP contribution in [0.2, 0.25) is 0 Å². The fourth-order valence-corrected chi connectivity index (χ4v) is 1.57. The van der Waals surface area contributed by atoms with Gasteiger partial charge in [0.1, 0.15) is 0 Å². The first-order chi connectivity index (χ1) is 7.64. The number of halogens is 2. The van der Waals surface area contributed by atoms with Crippen LogP contribution >= 0.6 is 0 Å². The molecule has 0 aromatic carbocycles. The Morgan fingerprint density at radius 3 is 2.35 bits per heavy atom. The molecule has 0 fully saturated rings. The highest BCUT2D eigenvalue weighted by molar-refractivity contribution is 7.89. The maximum absolute atomic E-state index is 12.4. The van der Waals surface area contributed by atoms with Crippen molar-refractivity contribution in [3.05, 3.63) is 32.1 Å². The van der Waals surface area contributed by atoms with Crippen LogP contribution < -0.4 is 10.6 Å². The van der Waals surface area contributed by atoms with Crippen molar-refractivity contribution in [3.63, 3.8) is 0 Å². The Balaban J connectivity index is 3.71. The lowest BCUT2D eigenvalue weighted by atomic mass is 10.3. The first-order valence-corrected chi connectivity index (χ1v) is 5.41. The van der Waals surface area contributed by atoms with Gasteiger partial charge in [0.2, 0.25) is 0 Å². The lowest BCUT2D eigenvalue weighted by molar-refractivity contribution is -0.387. The van der Waals surface area contributed by atoms with Crippen LogP contribution in [-0.2, 0) is 10.0 Å². The Morgan fingerprint density at radius 1 is 1.47 bits per heavy atom. The summed E-state index contributed by atoms with van der Waals surface area (Å²) in [7, 11) is -4.44. The average molecular weight is 269 g/mol. The van der Waals surface area contributed by atoms with Crippen LogP contribution in [-0.4, -0.2) is 18.3 Å². The van der Waals surface area contributed by atoms with Gasteiger partial charge in [0.05, 0.1) is 4.92 Å². The van der Waals surface area contributed by atoms with E-state index in [4.69, 9.17) is 0 Å². The van der Waals surface area contributed by atoms with Gasteiger partial charge in [-0.3, -0.25) is 14.9 Å². The van der Waals surface area contributed by atoms with Crippen molar-refractivity contribution in [2.24, 2.45) is 5.14 Å². The Morgan fingerprint density at radius 2 is 2.00 bits per heavy atom. The monoisotopic (exact) mass is 269 g/mol. The Bertz CT molecular complexity index is 623. The third-order valence-electron chi connectivity index (χ3n) is 1.72. The van der Waals surface area contributed by atoms with Gasteiger partial charge in [0.15, 0.2) is 10.7 Å². The van der Waals surface area contributed by atoms with Crippen LogP contribution in [0.25, 0.3) is 0 Å². The lowest BCUT2D eigenvalue weighted by Gasteiger charge is -2.04. The van der Waals surface area contributed by atoms with Crippen molar-refractivity contribution in [1.82, 2.24) is 4.98 Å². The molecule has 0 atom stereocenters. The summed E-state index contributed by atoms with van der Waals surface area (Å²) in [6.45, 7) is 0. The smallest absolute Gasteiger partial charge is 0.338 e. The summed E-state index contributed by atoms with van der Waals surface area (Å²) in [6, 6.07) is 0.277. The normalized spacial score (nSPS) is 11.8. The molecule has 0 saturated heterocycles. The van der Waals surface area contributed by atoms with Gasteiger partial charge in [-0.25, -0.2) is 22.3 Å². The zero-order chi connectivity index (χ0) is 13.4. The number of aromatic nitrogens is 1. The highest BCUT2D eigenvalue weighted by Crippen LogP contribution is 2.24. The molecule has 0 radical (unpaired) electrons. The number of nitro groups is 1. The first-order valence-electron chi connectivity index (χ1n) is 3.87. The van der Waals surface area contributed by atoms with Crippen molar-refractivity contribution < 1.29 is 22.1 Å². The molecule has 11 heteroatoms. The molecule has 0 aliphatic heterocycles. The van der Waals surface area contributed by atoms with Crippen molar-refractivity contribution in [3.8, 4) is 0 Å². The summed E-state index contributed by atoms with van der Waals surface area (Å²) in [5.41, 5.74) is -4.27. The van der Waals surface area contributed by atoms with E-state index in [0.29, 0.717) is 0 Å². The van der Waals surface area contributed by atoms with Gasteiger partial charge in [-0.2, -0.15) is 0 Å². The maximum Gasteiger partial charge on any atom is 0.341 e. The predicted octanol–water partition coefficient (Wildman–Crippen LogP) is -0.132. The molecule has 0 saturated carbocycles. The third-order valence-corrected chi connectivity index (χ3v) is 2.55. The number of H-pyrrole nitrogens is 1. The number of alkyl halides is 2. The zero-order valence-electron chi connectivity index (χ0n) is 7.88. The molecule has 8 nitrogen and oxygen atoms in total. The molecule has 0 spiro atoms. The van der Waals surface area contributed by atoms with Gasteiger partial charge >= 0.3 is 5.69 Å². The average Bonchev–Trinajstić information content (AvgIpc) is 2.13. The fraction of sp³-hybridized carbons (Fsp3) is 0.167. The van der Waals surface area contributed by atoms with Gasteiger partial charge in [-0.05, 0) is 0 Å². The van der Waals surface area contributed by atoms with E-state index >= 15 is 0 Å². The number of primary sulfonamides is 1. The van der Waals surface area contributed by atoms with E-state index in [1.165, 1.54) is 0 Å². The highest BCUT2D eigenvalue weighted by Gasteiger charge is 2.28. The number of pyridine rings is 1. The predicted molar refractivity (Wildman–Crippen MR) is 50.0 cm³/mol. The van der Waals surface area contributed by atoms with E-state index in [-0.39, 0.29) is 6.07 Å². The summed E-state index contributed by atoms with van der Waals surface area (Å²) in [4.78, 5) is 21.8. The maximum atomic E-state index is 12.4. The van der Waals surface area contributed by atoms with Crippen LogP contribution in [0.15, 0.2) is 15.9 Å². The van der Waals surface area contributed by atoms with Crippen LogP contribution in [0, 0.1) is 10.1 Å². The minimum atomic E-state index is -4.44. The van der Waals surface area contributed by atoms with Crippen molar-refractivity contribution in [1.29, 1.82) is 0 Å². The number of rotatable bonds is 3. The van der Waals surface area contributed by atoms with Crippen LogP contribution in [0.4, 0.5) is 14.5 Å². The SMILES string of the molecule is NS(=O)(=O)c1cc(=O)c([N+](=O)[O-])c(C(F)F)[nH]1. The number of nitrogens with zero attached hydrogens (tertiary/aromatic N) is 1. The molecule has 0 unspecified atom stereocenters. The number of nitrogens with one attached hydrogen (secondary N) is 1. The van der Waals surface area contributed by atoms with Gasteiger partial charge in [-0.15, -0.1) is 0 Å². The van der Waals surface area contributed by atoms with E-state index < -0.39 is 43.2 Å². The van der Waals surface area contributed by atoms with Gasteiger partial charge in [-0.1, -0.05) is 0 Å². The van der Waals surface area contributed by atoms with Gasteiger partial charge < -0.3 is 4.98 Å². The van der Waals surface area contributed by atoms with E-state index in [1.807, 2.05) is 0 Å². The van der Waals surface area contributed by atoms with E-state index in [2.05, 4.69) is 5.14 Å². The molecule has 94 valence electrons. The van der Waals surface area contributed by atoms with E-state index in [9.17, 15) is 32.1 Å². The topological polar surface area (TPSA) is 136 Å². The first kappa shape index (κ1) is 13.2. The van der Waals surface area contributed by atoms with Crippen LogP contribution in [0.3, 0.4) is 0 Å². The summed E-state index contributed by atoms with van der Waals surface area (Å²) in [5.74, 6) is 0. The molecule has 1 heterocycles. The van der Waals surface area contributed by atoms with Crippen molar-refractivity contribution >= 4 is 15.7 Å². The van der Waals surface area contributed by atoms with Gasteiger partial charge in [0, 0.05) is 6.07 Å². The zero-order valence-corrected chi connectivity index (χ0v) is 8.70. The second-order valence-corrected chi connectivity index (χ2v) is 4.39. The standard InChI is InChI=1S/C6H5F2N3O5S/c7-6(8)4-5(11(13)14)2(12)1-3(10-4)17(9,15)16/h1,6H,(H,10,12)(H2,9,15,16).